The van der Waals surface area contributed by atoms with Gasteiger partial charge in [-0.15, -0.1) is 0 Å². The van der Waals surface area contributed by atoms with Gasteiger partial charge in [0.05, 0.1) is 13.2 Å². The fourth-order valence-corrected chi connectivity index (χ4v) is 4.13. The maximum absolute atomic E-state index is 12.6. The van der Waals surface area contributed by atoms with Gasteiger partial charge in [-0.3, -0.25) is 9.59 Å². The molecule has 4 nitrogen and oxygen atoms in total. The summed E-state index contributed by atoms with van der Waals surface area (Å²) < 4.78 is 11.0. The van der Waals surface area contributed by atoms with Crippen molar-refractivity contribution in [2.24, 2.45) is 5.92 Å². The van der Waals surface area contributed by atoms with Crippen molar-refractivity contribution in [3.05, 3.63) is 0 Å². The topological polar surface area (TPSA) is 52.6 Å². The lowest BCUT2D eigenvalue weighted by Gasteiger charge is -2.15. The minimum atomic E-state index is -0.745. The zero-order chi connectivity index (χ0) is 24.4. The lowest BCUT2D eigenvalue weighted by Crippen LogP contribution is -2.28. The Kier molecular flexibility index (Phi) is 24.7. The largest absolute Gasteiger partial charge is 0.465 e. The van der Waals surface area contributed by atoms with E-state index in [4.69, 9.17) is 9.47 Å². The molecule has 0 aromatic rings. The molecule has 33 heavy (non-hydrogen) atoms. The van der Waals surface area contributed by atoms with Gasteiger partial charge in [-0.25, -0.2) is 0 Å². The summed E-state index contributed by atoms with van der Waals surface area (Å²) in [6.45, 7) is 7.49. The Morgan fingerprint density at radius 2 is 0.758 bits per heavy atom. The predicted molar refractivity (Wildman–Crippen MR) is 139 cm³/mol. The van der Waals surface area contributed by atoms with E-state index in [0.29, 0.717) is 19.6 Å². The van der Waals surface area contributed by atoms with Crippen LogP contribution in [0.2, 0.25) is 0 Å². The van der Waals surface area contributed by atoms with Crippen LogP contribution in [-0.4, -0.2) is 25.2 Å². The lowest BCUT2D eigenvalue weighted by molar-refractivity contribution is -0.162. The van der Waals surface area contributed by atoms with E-state index in [1.165, 1.54) is 89.9 Å². The van der Waals surface area contributed by atoms with Crippen molar-refractivity contribution >= 4 is 11.9 Å². The first-order valence-corrected chi connectivity index (χ1v) is 14.5. The van der Waals surface area contributed by atoms with Crippen LogP contribution in [0.1, 0.15) is 156 Å². The first-order chi connectivity index (χ1) is 16.2. The number of carbonyl (C=O) groups excluding carboxylic acids is 2. The number of carbonyl (C=O) groups is 2. The summed E-state index contributed by atoms with van der Waals surface area (Å²) in [5.74, 6) is -1.50. The van der Waals surface area contributed by atoms with Crippen LogP contribution in [0.4, 0.5) is 0 Å². The molecule has 0 radical (unpaired) electrons. The lowest BCUT2D eigenvalue weighted by atomic mass is 10.00. The fraction of sp³-hybridized carbons (Fsp3) is 0.931. The molecule has 0 bridgehead atoms. The third kappa shape index (κ3) is 21.2. The fourth-order valence-electron chi connectivity index (χ4n) is 4.13. The molecule has 0 rings (SSSR count). The molecule has 0 atom stereocenters. The maximum Gasteiger partial charge on any atom is 0.320 e. The van der Waals surface area contributed by atoms with Crippen LogP contribution in [0.3, 0.4) is 0 Å². The number of unbranched alkanes of at least 4 members (excludes halogenated alkanes) is 17. The molecule has 0 amide bonds. The second-order valence-electron chi connectivity index (χ2n) is 9.69. The molecular weight excluding hydrogens is 412 g/mol. The molecule has 0 aliphatic rings. The Labute approximate surface area is 206 Å². The molecule has 0 aliphatic carbocycles. The Hall–Kier alpha value is -1.06. The summed E-state index contributed by atoms with van der Waals surface area (Å²) >= 11 is 0. The molecule has 0 aromatic heterocycles. The zero-order valence-corrected chi connectivity index (χ0v) is 22.5. The van der Waals surface area contributed by atoms with E-state index in [1.54, 1.807) is 0 Å². The van der Waals surface area contributed by atoms with Gasteiger partial charge in [0.25, 0.3) is 0 Å². The Balaban J connectivity index is 4.26. The molecular formula is C29H56O4. The first-order valence-electron chi connectivity index (χ1n) is 14.5. The van der Waals surface area contributed by atoms with E-state index in [2.05, 4.69) is 20.8 Å². The molecule has 0 unspecified atom stereocenters. The second kappa shape index (κ2) is 25.6. The molecule has 0 heterocycles. The van der Waals surface area contributed by atoms with Crippen LogP contribution in [-0.2, 0) is 19.1 Å². The third-order valence-electron chi connectivity index (χ3n) is 6.40. The summed E-state index contributed by atoms with van der Waals surface area (Å²) in [5.41, 5.74) is 0. The summed E-state index contributed by atoms with van der Waals surface area (Å²) in [5, 5.41) is 0. The summed E-state index contributed by atoms with van der Waals surface area (Å²) in [7, 11) is 0. The number of hydrogen-bond donors (Lipinski definition) is 0. The van der Waals surface area contributed by atoms with Crippen LogP contribution >= 0.6 is 0 Å². The van der Waals surface area contributed by atoms with E-state index >= 15 is 0 Å². The average Bonchev–Trinajstić information content (AvgIpc) is 2.81. The monoisotopic (exact) mass is 468 g/mol. The Bertz CT molecular complexity index is 405. The smallest absolute Gasteiger partial charge is 0.320 e. The first kappa shape index (κ1) is 31.9. The van der Waals surface area contributed by atoms with Gasteiger partial charge in [0.1, 0.15) is 0 Å². The van der Waals surface area contributed by atoms with E-state index in [1.807, 2.05) is 0 Å². The van der Waals surface area contributed by atoms with E-state index in [-0.39, 0.29) is 11.9 Å². The third-order valence-corrected chi connectivity index (χ3v) is 6.40. The van der Waals surface area contributed by atoms with Gasteiger partial charge < -0.3 is 9.47 Å². The Morgan fingerprint density at radius 1 is 0.455 bits per heavy atom. The quantitative estimate of drug-likeness (QED) is 0.0762. The van der Waals surface area contributed by atoms with Crippen LogP contribution in [0.25, 0.3) is 0 Å². The normalized spacial score (nSPS) is 11.2. The minimum absolute atomic E-state index is 0.376. The standard InChI is InChI=1S/C29H56O4/c1-4-7-10-13-16-17-18-21-24-27(28(30)32-25-22-19-14-11-8-5-2)29(31)33-26-23-20-15-12-9-6-3/h27H,4-26H2,1-3H3. The van der Waals surface area contributed by atoms with Crippen molar-refractivity contribution in [2.75, 3.05) is 13.2 Å². The van der Waals surface area contributed by atoms with Crippen LogP contribution in [0, 0.1) is 5.92 Å². The highest BCUT2D eigenvalue weighted by atomic mass is 16.6. The van der Waals surface area contributed by atoms with Gasteiger partial charge in [-0.2, -0.15) is 0 Å². The van der Waals surface area contributed by atoms with E-state index in [9.17, 15) is 9.59 Å². The minimum Gasteiger partial charge on any atom is -0.465 e. The SMILES string of the molecule is CCCCCCCCCCC(C(=O)OCCCCCCCC)C(=O)OCCCCCCCC. The van der Waals surface area contributed by atoms with Crippen molar-refractivity contribution in [3.63, 3.8) is 0 Å². The van der Waals surface area contributed by atoms with Gasteiger partial charge in [0.2, 0.25) is 0 Å². The van der Waals surface area contributed by atoms with E-state index in [0.717, 1.165) is 38.5 Å². The highest BCUT2D eigenvalue weighted by Crippen LogP contribution is 2.17. The molecule has 4 heteroatoms. The molecule has 0 fully saturated rings. The van der Waals surface area contributed by atoms with E-state index < -0.39 is 5.92 Å². The number of hydrogen-bond acceptors (Lipinski definition) is 4. The van der Waals surface area contributed by atoms with Gasteiger partial charge in [-0.05, 0) is 19.3 Å². The molecule has 0 N–H and O–H groups in total. The van der Waals surface area contributed by atoms with Crippen molar-refractivity contribution in [1.29, 1.82) is 0 Å². The number of rotatable bonds is 25. The molecule has 0 aliphatic heterocycles. The molecule has 0 spiro atoms. The molecule has 196 valence electrons. The van der Waals surface area contributed by atoms with Crippen molar-refractivity contribution in [2.45, 2.75) is 156 Å². The van der Waals surface area contributed by atoms with Crippen LogP contribution in [0.15, 0.2) is 0 Å². The predicted octanol–water partition coefficient (Wildman–Crippen LogP) is 8.94. The van der Waals surface area contributed by atoms with Crippen molar-refractivity contribution in [3.8, 4) is 0 Å². The number of esters is 2. The van der Waals surface area contributed by atoms with Crippen molar-refractivity contribution in [1.82, 2.24) is 0 Å². The van der Waals surface area contributed by atoms with Crippen LogP contribution in [0.5, 0.6) is 0 Å². The van der Waals surface area contributed by atoms with Gasteiger partial charge in [-0.1, -0.05) is 136 Å². The van der Waals surface area contributed by atoms with Crippen molar-refractivity contribution < 1.29 is 19.1 Å². The molecule has 0 saturated heterocycles. The summed E-state index contributed by atoms with van der Waals surface area (Å²) in [4.78, 5) is 25.3. The molecule has 0 saturated carbocycles. The van der Waals surface area contributed by atoms with Gasteiger partial charge >= 0.3 is 11.9 Å². The Morgan fingerprint density at radius 3 is 1.12 bits per heavy atom. The summed E-state index contributed by atoms with van der Waals surface area (Å²) in [6, 6.07) is 0. The zero-order valence-electron chi connectivity index (χ0n) is 22.5. The van der Waals surface area contributed by atoms with Gasteiger partial charge in [0, 0.05) is 0 Å². The second-order valence-corrected chi connectivity index (χ2v) is 9.69. The maximum atomic E-state index is 12.6. The highest BCUT2D eigenvalue weighted by molar-refractivity contribution is 5.94. The number of ether oxygens (including phenoxy) is 2. The average molecular weight is 469 g/mol. The van der Waals surface area contributed by atoms with Gasteiger partial charge in [0.15, 0.2) is 5.92 Å². The van der Waals surface area contributed by atoms with Crippen LogP contribution < -0.4 is 0 Å². The highest BCUT2D eigenvalue weighted by Gasteiger charge is 2.29. The summed E-state index contributed by atoms with van der Waals surface area (Å²) in [6.07, 6.45) is 23.9. The molecule has 0 aromatic carbocycles.